The molecule has 1 saturated heterocycles. The van der Waals surface area contributed by atoms with Gasteiger partial charge in [0, 0.05) is 6.04 Å². The number of ether oxygens (including phenoxy) is 1. The van der Waals surface area contributed by atoms with Gasteiger partial charge in [-0.05, 0) is 26.7 Å². The lowest BCUT2D eigenvalue weighted by Gasteiger charge is -2.32. The van der Waals surface area contributed by atoms with E-state index in [4.69, 9.17) is 4.74 Å². The maximum Gasteiger partial charge on any atom is 0.275 e. The maximum absolute atomic E-state index is 12.0. The van der Waals surface area contributed by atoms with Crippen molar-refractivity contribution in [1.29, 1.82) is 0 Å². The van der Waals surface area contributed by atoms with E-state index in [9.17, 15) is 4.79 Å². The van der Waals surface area contributed by atoms with Gasteiger partial charge < -0.3 is 15.0 Å². The summed E-state index contributed by atoms with van der Waals surface area (Å²) in [6, 6.07) is 0.432. The normalized spacial score (nSPS) is 34.2. The zero-order valence-corrected chi connectivity index (χ0v) is 11.7. The molecular formula is C14H27N2O2+. The summed E-state index contributed by atoms with van der Waals surface area (Å²) in [6.45, 7) is 6.68. The lowest BCUT2D eigenvalue weighted by molar-refractivity contribution is -0.907. The first-order chi connectivity index (χ1) is 8.63. The highest BCUT2D eigenvalue weighted by molar-refractivity contribution is 5.77. The molecule has 1 heterocycles. The molecule has 0 aromatic rings. The fraction of sp³-hybridized carbons (Fsp3) is 0.929. The number of amides is 1. The van der Waals surface area contributed by atoms with Crippen LogP contribution in [-0.4, -0.2) is 43.8 Å². The largest absolute Gasteiger partial charge is 0.364 e. The SMILES string of the molecule is CC1C[NH+](CC(=O)NC2CCCCC2)CC(C)O1. The van der Waals surface area contributed by atoms with Crippen molar-refractivity contribution in [3.63, 3.8) is 0 Å². The lowest BCUT2D eigenvalue weighted by atomic mass is 9.95. The van der Waals surface area contributed by atoms with Crippen molar-refractivity contribution in [2.24, 2.45) is 0 Å². The van der Waals surface area contributed by atoms with Crippen LogP contribution in [0, 0.1) is 0 Å². The standard InChI is InChI=1S/C14H26N2O2/c1-11-8-16(9-12(2)18-11)10-14(17)15-13-6-4-3-5-7-13/h11-13H,3-10H2,1-2H3,(H,15,17)/p+1. The van der Waals surface area contributed by atoms with Gasteiger partial charge >= 0.3 is 0 Å². The summed E-state index contributed by atoms with van der Waals surface area (Å²) in [7, 11) is 0. The topological polar surface area (TPSA) is 42.8 Å². The van der Waals surface area contributed by atoms with Crippen LogP contribution in [0.1, 0.15) is 46.0 Å². The Labute approximate surface area is 110 Å². The number of nitrogens with one attached hydrogen (secondary N) is 2. The summed E-state index contributed by atoms with van der Waals surface area (Å²) in [5, 5.41) is 3.20. The Morgan fingerprint density at radius 1 is 1.17 bits per heavy atom. The molecule has 0 spiro atoms. The molecule has 2 aliphatic rings. The van der Waals surface area contributed by atoms with Crippen molar-refractivity contribution < 1.29 is 14.4 Å². The highest BCUT2D eigenvalue weighted by Crippen LogP contribution is 2.16. The van der Waals surface area contributed by atoms with Gasteiger partial charge in [-0.1, -0.05) is 19.3 Å². The zero-order valence-electron chi connectivity index (χ0n) is 11.7. The van der Waals surface area contributed by atoms with Crippen LogP contribution in [0.25, 0.3) is 0 Å². The van der Waals surface area contributed by atoms with Gasteiger partial charge in [0.15, 0.2) is 6.54 Å². The molecule has 1 amide bonds. The summed E-state index contributed by atoms with van der Waals surface area (Å²) < 4.78 is 5.70. The van der Waals surface area contributed by atoms with Crippen LogP contribution in [0.15, 0.2) is 0 Å². The van der Waals surface area contributed by atoms with Crippen LogP contribution in [0.2, 0.25) is 0 Å². The highest BCUT2D eigenvalue weighted by atomic mass is 16.5. The third kappa shape index (κ3) is 4.25. The van der Waals surface area contributed by atoms with Crippen LogP contribution < -0.4 is 10.2 Å². The maximum atomic E-state index is 12.0. The van der Waals surface area contributed by atoms with E-state index in [0.29, 0.717) is 12.6 Å². The van der Waals surface area contributed by atoms with Gasteiger partial charge in [-0.2, -0.15) is 0 Å². The molecule has 0 aromatic carbocycles. The van der Waals surface area contributed by atoms with Gasteiger partial charge in [-0.3, -0.25) is 4.79 Å². The monoisotopic (exact) mass is 255 g/mol. The molecule has 0 radical (unpaired) electrons. The molecule has 4 heteroatoms. The summed E-state index contributed by atoms with van der Waals surface area (Å²) in [6.07, 6.45) is 6.73. The molecule has 2 unspecified atom stereocenters. The highest BCUT2D eigenvalue weighted by Gasteiger charge is 2.27. The van der Waals surface area contributed by atoms with Gasteiger partial charge in [-0.25, -0.2) is 0 Å². The number of carbonyl (C=O) groups excluding carboxylic acids is 1. The first kappa shape index (κ1) is 13.8. The molecule has 104 valence electrons. The fourth-order valence-corrected chi connectivity index (χ4v) is 3.29. The minimum atomic E-state index is 0.221. The van der Waals surface area contributed by atoms with Crippen molar-refractivity contribution in [1.82, 2.24) is 5.32 Å². The summed E-state index contributed by atoms with van der Waals surface area (Å²) >= 11 is 0. The first-order valence-electron chi connectivity index (χ1n) is 7.42. The second kappa shape index (κ2) is 6.53. The molecule has 0 bridgehead atoms. The summed E-state index contributed by atoms with van der Waals surface area (Å²) in [4.78, 5) is 13.4. The predicted molar refractivity (Wildman–Crippen MR) is 70.6 cm³/mol. The Balaban J connectivity index is 1.72. The number of morpholine rings is 1. The van der Waals surface area contributed by atoms with E-state index >= 15 is 0 Å². The Hall–Kier alpha value is -0.610. The molecule has 2 N–H and O–H groups in total. The minimum absolute atomic E-state index is 0.221. The Kier molecular flexibility index (Phi) is 5.01. The Bertz CT molecular complexity index is 267. The average Bonchev–Trinajstić information content (AvgIpc) is 2.28. The zero-order chi connectivity index (χ0) is 13.0. The van der Waals surface area contributed by atoms with Crippen LogP contribution in [0.4, 0.5) is 0 Å². The van der Waals surface area contributed by atoms with E-state index in [-0.39, 0.29) is 18.1 Å². The van der Waals surface area contributed by atoms with E-state index in [1.165, 1.54) is 24.2 Å². The second-order valence-electron chi connectivity index (χ2n) is 5.99. The third-order valence-corrected chi connectivity index (χ3v) is 4.00. The third-order valence-electron chi connectivity index (χ3n) is 4.00. The van der Waals surface area contributed by atoms with Crippen LogP contribution >= 0.6 is 0 Å². The van der Waals surface area contributed by atoms with Crippen molar-refractivity contribution in [2.45, 2.75) is 64.2 Å². The van der Waals surface area contributed by atoms with Gasteiger partial charge in [0.05, 0.1) is 0 Å². The fourth-order valence-electron chi connectivity index (χ4n) is 3.29. The second-order valence-corrected chi connectivity index (χ2v) is 5.99. The van der Waals surface area contributed by atoms with E-state index < -0.39 is 0 Å². The molecule has 1 aliphatic heterocycles. The van der Waals surface area contributed by atoms with Crippen molar-refractivity contribution in [2.75, 3.05) is 19.6 Å². The smallest absolute Gasteiger partial charge is 0.275 e. The minimum Gasteiger partial charge on any atom is -0.364 e. The molecule has 2 rings (SSSR count). The molecule has 4 nitrogen and oxygen atoms in total. The Morgan fingerprint density at radius 3 is 2.39 bits per heavy atom. The van der Waals surface area contributed by atoms with Crippen LogP contribution in [-0.2, 0) is 9.53 Å². The molecule has 18 heavy (non-hydrogen) atoms. The van der Waals surface area contributed by atoms with Gasteiger partial charge in [-0.15, -0.1) is 0 Å². The van der Waals surface area contributed by atoms with E-state index in [0.717, 1.165) is 25.9 Å². The number of hydrogen-bond donors (Lipinski definition) is 2. The van der Waals surface area contributed by atoms with Crippen molar-refractivity contribution in [3.05, 3.63) is 0 Å². The molecule has 0 aromatic heterocycles. The van der Waals surface area contributed by atoms with Gasteiger partial charge in [0.2, 0.25) is 0 Å². The number of hydrogen-bond acceptors (Lipinski definition) is 2. The Morgan fingerprint density at radius 2 is 1.78 bits per heavy atom. The quantitative estimate of drug-likeness (QED) is 0.753. The lowest BCUT2D eigenvalue weighted by Crippen LogP contribution is -3.16. The summed E-state index contributed by atoms with van der Waals surface area (Å²) in [5.41, 5.74) is 0. The average molecular weight is 255 g/mol. The first-order valence-corrected chi connectivity index (χ1v) is 7.42. The van der Waals surface area contributed by atoms with Crippen molar-refractivity contribution in [3.8, 4) is 0 Å². The number of quaternary nitrogens is 1. The summed E-state index contributed by atoms with van der Waals surface area (Å²) in [5.74, 6) is 0.221. The number of rotatable bonds is 3. The van der Waals surface area contributed by atoms with Crippen molar-refractivity contribution >= 4 is 5.91 Å². The van der Waals surface area contributed by atoms with Gasteiger partial charge in [0.25, 0.3) is 5.91 Å². The predicted octanol–water partition coefficient (Wildman–Crippen LogP) is 0.127. The van der Waals surface area contributed by atoms with Gasteiger partial charge in [0.1, 0.15) is 25.3 Å². The van der Waals surface area contributed by atoms with E-state index in [2.05, 4.69) is 19.2 Å². The molecule has 2 atom stereocenters. The van der Waals surface area contributed by atoms with E-state index in [1.54, 1.807) is 0 Å². The van der Waals surface area contributed by atoms with E-state index in [1.807, 2.05) is 0 Å². The molecule has 1 saturated carbocycles. The molecular weight excluding hydrogens is 228 g/mol. The number of carbonyl (C=O) groups is 1. The van der Waals surface area contributed by atoms with Crippen LogP contribution in [0.5, 0.6) is 0 Å². The molecule has 1 aliphatic carbocycles. The van der Waals surface area contributed by atoms with Crippen LogP contribution in [0.3, 0.4) is 0 Å². The molecule has 2 fully saturated rings.